The highest BCUT2D eigenvalue weighted by molar-refractivity contribution is 7.98. The summed E-state index contributed by atoms with van der Waals surface area (Å²) in [5.74, 6) is 3.22. The van der Waals surface area contributed by atoms with Crippen LogP contribution in [-0.4, -0.2) is 115 Å². The summed E-state index contributed by atoms with van der Waals surface area (Å²) in [6, 6.07) is 5.62. The minimum atomic E-state index is 0.333. The molecule has 236 valence electrons. The fourth-order valence-corrected chi connectivity index (χ4v) is 4.79. The first-order valence-corrected chi connectivity index (χ1v) is 15.8. The van der Waals surface area contributed by atoms with Crippen molar-refractivity contribution < 1.29 is 14.2 Å². The first-order chi connectivity index (χ1) is 20.9. The Balaban J connectivity index is 1.93. The lowest BCUT2D eigenvalue weighted by Crippen LogP contribution is -2.29. The molecule has 3 rings (SSSR count). The zero-order chi connectivity index (χ0) is 31.2. The lowest BCUT2D eigenvalue weighted by atomic mass is 10.1. The van der Waals surface area contributed by atoms with Crippen LogP contribution in [0.4, 0.5) is 23.8 Å². The SMILES string of the molecule is CCN(CC)CCNc1nc(NCCN(CC)CC)nc(Nc2nc(SC)cc(-c3cc(OC)c(OC)c(OC)c3)n2)n1. The molecule has 0 unspecified atom stereocenters. The summed E-state index contributed by atoms with van der Waals surface area (Å²) in [5.41, 5.74) is 1.45. The summed E-state index contributed by atoms with van der Waals surface area (Å²) in [5, 5.41) is 10.7. The molecule has 3 N–H and O–H groups in total. The smallest absolute Gasteiger partial charge is 0.236 e. The Bertz CT molecular complexity index is 1230. The predicted molar refractivity (Wildman–Crippen MR) is 175 cm³/mol. The average molecular weight is 615 g/mol. The van der Waals surface area contributed by atoms with Crippen molar-refractivity contribution in [3.05, 3.63) is 18.2 Å². The number of rotatable bonds is 19. The van der Waals surface area contributed by atoms with Gasteiger partial charge in [-0.25, -0.2) is 9.97 Å². The number of aromatic nitrogens is 5. The second-order valence-electron chi connectivity index (χ2n) is 9.37. The Morgan fingerprint density at radius 1 is 0.651 bits per heavy atom. The lowest BCUT2D eigenvalue weighted by molar-refractivity contribution is 0.315. The summed E-state index contributed by atoms with van der Waals surface area (Å²) >= 11 is 1.51. The van der Waals surface area contributed by atoms with Gasteiger partial charge in [-0.2, -0.15) is 15.0 Å². The number of benzene rings is 1. The van der Waals surface area contributed by atoms with Gasteiger partial charge >= 0.3 is 0 Å². The number of nitrogens with zero attached hydrogens (tertiary/aromatic N) is 7. The van der Waals surface area contributed by atoms with Crippen molar-refractivity contribution in [3.8, 4) is 28.5 Å². The molecule has 0 atom stereocenters. The number of hydrogen-bond donors (Lipinski definition) is 3. The van der Waals surface area contributed by atoms with Crippen LogP contribution in [0.25, 0.3) is 11.3 Å². The Kier molecular flexibility index (Phi) is 13.8. The van der Waals surface area contributed by atoms with Gasteiger partial charge in [-0.1, -0.05) is 27.7 Å². The zero-order valence-electron chi connectivity index (χ0n) is 26.7. The maximum Gasteiger partial charge on any atom is 0.236 e. The highest BCUT2D eigenvalue weighted by atomic mass is 32.2. The maximum atomic E-state index is 5.56. The van der Waals surface area contributed by atoms with Crippen LogP contribution in [0.3, 0.4) is 0 Å². The van der Waals surface area contributed by atoms with Gasteiger partial charge in [0.05, 0.1) is 27.0 Å². The average Bonchev–Trinajstić information content (AvgIpc) is 3.04. The first-order valence-electron chi connectivity index (χ1n) is 14.6. The minimum Gasteiger partial charge on any atom is -0.493 e. The summed E-state index contributed by atoms with van der Waals surface area (Å²) < 4.78 is 16.6. The topological polar surface area (TPSA) is 135 Å². The van der Waals surface area contributed by atoms with Gasteiger partial charge in [0, 0.05) is 31.7 Å². The van der Waals surface area contributed by atoms with E-state index in [1.807, 2.05) is 24.5 Å². The molecule has 2 heterocycles. The van der Waals surface area contributed by atoms with Crippen LogP contribution in [-0.2, 0) is 0 Å². The third-order valence-electron chi connectivity index (χ3n) is 6.94. The highest BCUT2D eigenvalue weighted by Gasteiger charge is 2.17. The highest BCUT2D eigenvalue weighted by Crippen LogP contribution is 2.41. The van der Waals surface area contributed by atoms with E-state index in [9.17, 15) is 0 Å². The van der Waals surface area contributed by atoms with E-state index in [0.29, 0.717) is 59.8 Å². The quantitative estimate of drug-likeness (QED) is 0.131. The van der Waals surface area contributed by atoms with Crippen LogP contribution in [0.1, 0.15) is 27.7 Å². The van der Waals surface area contributed by atoms with Crippen molar-refractivity contribution >= 4 is 35.6 Å². The molecule has 0 aliphatic carbocycles. The fraction of sp³-hybridized carbons (Fsp3) is 0.552. The molecule has 0 saturated heterocycles. The van der Waals surface area contributed by atoms with Crippen molar-refractivity contribution in [1.29, 1.82) is 0 Å². The number of nitrogens with one attached hydrogen (secondary N) is 3. The van der Waals surface area contributed by atoms with E-state index in [-0.39, 0.29) is 0 Å². The van der Waals surface area contributed by atoms with E-state index in [1.165, 1.54) is 11.8 Å². The van der Waals surface area contributed by atoms with E-state index in [2.05, 4.69) is 73.4 Å². The molecule has 0 saturated carbocycles. The summed E-state index contributed by atoms with van der Waals surface area (Å²) in [6.07, 6.45) is 1.96. The molecular weight excluding hydrogens is 568 g/mol. The van der Waals surface area contributed by atoms with Gasteiger partial charge in [-0.15, -0.1) is 11.8 Å². The number of hydrogen-bond acceptors (Lipinski definition) is 14. The molecule has 14 heteroatoms. The normalized spacial score (nSPS) is 11.1. The second kappa shape index (κ2) is 17.5. The predicted octanol–water partition coefficient (Wildman–Crippen LogP) is 4.33. The van der Waals surface area contributed by atoms with Crippen molar-refractivity contribution in [2.45, 2.75) is 32.7 Å². The molecule has 43 heavy (non-hydrogen) atoms. The Labute approximate surface area is 259 Å². The molecule has 13 nitrogen and oxygen atoms in total. The third-order valence-corrected chi connectivity index (χ3v) is 7.57. The van der Waals surface area contributed by atoms with E-state index in [1.54, 1.807) is 21.3 Å². The monoisotopic (exact) mass is 614 g/mol. The molecule has 0 radical (unpaired) electrons. The van der Waals surface area contributed by atoms with Crippen LogP contribution in [0.2, 0.25) is 0 Å². The summed E-state index contributed by atoms with van der Waals surface area (Å²) in [7, 11) is 4.75. The third kappa shape index (κ3) is 9.70. The van der Waals surface area contributed by atoms with E-state index < -0.39 is 0 Å². The molecule has 0 aliphatic heterocycles. The maximum absolute atomic E-state index is 5.56. The molecular formula is C29H46N10O3S. The molecule has 3 aromatic rings. The lowest BCUT2D eigenvalue weighted by Gasteiger charge is -2.19. The van der Waals surface area contributed by atoms with Crippen LogP contribution < -0.4 is 30.2 Å². The van der Waals surface area contributed by atoms with Crippen molar-refractivity contribution in [2.24, 2.45) is 0 Å². The number of thioether (sulfide) groups is 1. The van der Waals surface area contributed by atoms with Gasteiger partial charge < -0.3 is 34.6 Å². The largest absolute Gasteiger partial charge is 0.493 e. The van der Waals surface area contributed by atoms with Crippen LogP contribution in [0.15, 0.2) is 23.2 Å². The second-order valence-corrected chi connectivity index (χ2v) is 10.2. The van der Waals surface area contributed by atoms with Gasteiger partial charge in [-0.3, -0.25) is 5.32 Å². The summed E-state index contributed by atoms with van der Waals surface area (Å²) in [6.45, 7) is 15.7. The number of anilines is 4. The molecule has 0 aliphatic rings. The molecule has 0 spiro atoms. The van der Waals surface area contributed by atoms with Gasteiger partial charge in [-0.05, 0) is 50.6 Å². The minimum absolute atomic E-state index is 0.333. The van der Waals surface area contributed by atoms with Gasteiger partial charge in [0.1, 0.15) is 5.03 Å². The standard InChI is InChI=1S/C29H46N10O3S/c1-9-38(10-2)15-13-30-26-34-27(31-14-16-39(11-3)12-4)36-29(35-26)37-28-32-21(19-24(33-28)43-8)20-17-22(40-5)25(42-7)23(18-20)41-6/h17-19H,9-16H2,1-8H3,(H3,30,31,32,33,34,35,36,37). The Morgan fingerprint density at radius 2 is 1.14 bits per heavy atom. The molecule has 2 aromatic heterocycles. The van der Waals surface area contributed by atoms with Gasteiger partial charge in [0.25, 0.3) is 0 Å². The van der Waals surface area contributed by atoms with E-state index >= 15 is 0 Å². The van der Waals surface area contributed by atoms with Crippen LogP contribution in [0.5, 0.6) is 17.2 Å². The first kappa shape index (κ1) is 33.9. The van der Waals surface area contributed by atoms with Crippen LogP contribution in [0, 0.1) is 0 Å². The number of ether oxygens (including phenoxy) is 3. The van der Waals surface area contributed by atoms with Crippen molar-refractivity contribution in [3.63, 3.8) is 0 Å². The summed E-state index contributed by atoms with van der Waals surface area (Å²) in [4.78, 5) is 28.0. The van der Waals surface area contributed by atoms with Gasteiger partial charge in [0.2, 0.25) is 29.5 Å². The molecule has 0 fully saturated rings. The Hall–Kier alpha value is -3.62. The number of likely N-dealkylation sites (N-methyl/N-ethyl adjacent to an activating group) is 2. The van der Waals surface area contributed by atoms with Crippen LogP contribution >= 0.6 is 11.8 Å². The number of methoxy groups -OCH3 is 3. The molecule has 0 bridgehead atoms. The zero-order valence-corrected chi connectivity index (χ0v) is 27.5. The fourth-order valence-electron chi connectivity index (χ4n) is 4.38. The van der Waals surface area contributed by atoms with Crippen molar-refractivity contribution in [1.82, 2.24) is 34.7 Å². The molecule has 1 aromatic carbocycles. The van der Waals surface area contributed by atoms with E-state index in [0.717, 1.165) is 49.9 Å². The van der Waals surface area contributed by atoms with Gasteiger partial charge in [0.15, 0.2) is 11.5 Å². The molecule has 0 amide bonds. The van der Waals surface area contributed by atoms with E-state index in [4.69, 9.17) is 19.2 Å². The Morgan fingerprint density at radius 3 is 1.58 bits per heavy atom. The van der Waals surface area contributed by atoms with Crippen molar-refractivity contribution in [2.75, 3.05) is 95.9 Å².